The molecule has 0 spiro atoms. The fourth-order valence-corrected chi connectivity index (χ4v) is 6.68. The van der Waals surface area contributed by atoms with E-state index in [1.165, 1.54) is 0 Å². The van der Waals surface area contributed by atoms with Crippen LogP contribution >= 0.6 is 0 Å². The minimum Gasteiger partial charge on any atom is -0.467 e. The summed E-state index contributed by atoms with van der Waals surface area (Å²) in [6.45, 7) is 16.7. The minimum absolute atomic E-state index is 0.356. The average Bonchev–Trinajstić information content (AvgIpc) is 3.62. The Hall–Kier alpha value is -6.44. The Kier molecular flexibility index (Phi) is 7.12. The summed E-state index contributed by atoms with van der Waals surface area (Å²) < 4.78 is 10.8. The lowest BCUT2D eigenvalue weighted by atomic mass is 10.1. The van der Waals surface area contributed by atoms with E-state index in [0.717, 1.165) is 66.4 Å². The van der Waals surface area contributed by atoms with Crippen LogP contribution in [0, 0.1) is 17.9 Å². The second kappa shape index (κ2) is 11.7. The molecule has 49 heavy (non-hydrogen) atoms. The van der Waals surface area contributed by atoms with Crippen molar-refractivity contribution in [1.82, 2.24) is 19.1 Å². The van der Waals surface area contributed by atoms with E-state index >= 15 is 0 Å². The molecule has 0 bridgehead atoms. The maximum absolute atomic E-state index is 10.4. The summed E-state index contributed by atoms with van der Waals surface area (Å²) in [6.07, 6.45) is 3.84. The molecule has 4 heterocycles. The van der Waals surface area contributed by atoms with Crippen LogP contribution in [0.25, 0.3) is 60.1 Å². The Balaban J connectivity index is 1.33. The van der Waals surface area contributed by atoms with Crippen LogP contribution in [0.1, 0.15) is 56.2 Å². The summed E-state index contributed by atoms with van der Waals surface area (Å²) in [5.41, 5.74) is 6.72. The third-order valence-corrected chi connectivity index (χ3v) is 9.32. The van der Waals surface area contributed by atoms with Crippen molar-refractivity contribution in [1.29, 1.82) is 5.26 Å². The largest absolute Gasteiger partial charge is 0.467 e. The zero-order valence-corrected chi connectivity index (χ0v) is 27.6. The fourth-order valence-electron chi connectivity index (χ4n) is 6.68. The van der Waals surface area contributed by atoms with E-state index < -0.39 is 0 Å². The molecule has 236 valence electrons. The van der Waals surface area contributed by atoms with Gasteiger partial charge in [-0.1, -0.05) is 76.2 Å². The number of hydrogen-bond acceptors (Lipinski definition) is 4. The highest BCUT2D eigenvalue weighted by molar-refractivity contribution is 6.12. The molecule has 0 radical (unpaired) electrons. The Morgan fingerprint density at radius 1 is 0.633 bits per heavy atom. The van der Waals surface area contributed by atoms with Crippen LogP contribution in [-0.4, -0.2) is 19.1 Å². The molecule has 7 nitrogen and oxygen atoms in total. The first-order valence-electron chi connectivity index (χ1n) is 16.4. The Morgan fingerprint density at radius 3 is 1.61 bits per heavy atom. The Labute approximate surface area is 284 Å². The summed E-state index contributed by atoms with van der Waals surface area (Å²) in [7, 11) is 0. The van der Waals surface area contributed by atoms with Gasteiger partial charge < -0.3 is 4.74 Å². The number of rotatable bonds is 6. The molecule has 0 amide bonds. The van der Waals surface area contributed by atoms with E-state index in [0.29, 0.717) is 34.6 Å². The number of ether oxygens (including phenoxy) is 1. The normalized spacial score (nSPS) is 11.6. The van der Waals surface area contributed by atoms with Gasteiger partial charge in [0.05, 0.1) is 34.2 Å². The molecule has 0 saturated heterocycles. The van der Waals surface area contributed by atoms with Gasteiger partial charge in [-0.2, -0.15) is 5.26 Å². The number of pyridine rings is 2. The van der Waals surface area contributed by atoms with Crippen LogP contribution < -0.4 is 4.74 Å². The topological polar surface area (TPSA) is 73.0 Å². The van der Waals surface area contributed by atoms with Crippen molar-refractivity contribution < 1.29 is 4.74 Å². The molecular formula is C42H32N6O. The molecule has 0 unspecified atom stereocenters. The van der Waals surface area contributed by atoms with Crippen LogP contribution in [0.3, 0.4) is 0 Å². The van der Waals surface area contributed by atoms with E-state index in [1.54, 1.807) is 0 Å². The van der Waals surface area contributed by atoms with Crippen LogP contribution in [0.4, 0.5) is 5.69 Å². The molecule has 0 aliphatic heterocycles. The van der Waals surface area contributed by atoms with Gasteiger partial charge in [0.1, 0.15) is 29.2 Å². The lowest BCUT2D eigenvalue weighted by Gasteiger charge is -2.13. The molecule has 4 aromatic carbocycles. The van der Waals surface area contributed by atoms with Crippen LogP contribution in [0.2, 0.25) is 0 Å². The van der Waals surface area contributed by atoms with E-state index in [1.807, 2.05) is 73.1 Å². The molecule has 0 atom stereocenters. The fraction of sp³-hybridized carbons (Fsp3) is 0.143. The number of para-hydroxylation sites is 2. The lowest BCUT2D eigenvalue weighted by Crippen LogP contribution is -2.00. The predicted octanol–water partition coefficient (Wildman–Crippen LogP) is 11.1. The van der Waals surface area contributed by atoms with Crippen LogP contribution in [-0.2, 0) is 0 Å². The summed E-state index contributed by atoms with van der Waals surface area (Å²) in [4.78, 5) is 13.6. The molecule has 8 rings (SSSR count). The van der Waals surface area contributed by atoms with Gasteiger partial charge >= 0.3 is 0 Å². The maximum Gasteiger partial charge on any atom is 0.229 e. The molecule has 0 N–H and O–H groups in total. The highest BCUT2D eigenvalue weighted by Crippen LogP contribution is 2.43. The SMILES string of the molecule is [C-]#[N+]c1cc2c3ccccc3n(-c3ccc(C(C)C)cn3)c2cc1Oc1cc2c(cc1C#N)c1ccccc1n2-c1ccc(C(C)C)cn1. The monoisotopic (exact) mass is 636 g/mol. The number of nitriles is 1. The Bertz CT molecular complexity index is 2460. The molecule has 0 aliphatic carbocycles. The maximum atomic E-state index is 10.4. The minimum atomic E-state index is 0.356. The van der Waals surface area contributed by atoms with Gasteiger partial charge in [-0.25, -0.2) is 14.8 Å². The van der Waals surface area contributed by atoms with Crippen molar-refractivity contribution in [3.8, 4) is 29.2 Å². The van der Waals surface area contributed by atoms with Crippen molar-refractivity contribution in [2.24, 2.45) is 0 Å². The number of aromatic nitrogens is 4. The standard InChI is InChI=1S/C42H32N6O/c1-25(2)27-14-16-41(45-23-27)47-35-12-8-6-10-30(35)32-18-29(22-43)39(20-37(32)47)49-40-21-38-33(19-34(40)44-5)31-11-7-9-13-36(31)48(38)42-17-15-28(24-46-42)26(3)4/h6-21,23-26H,1-4H3. The zero-order valence-electron chi connectivity index (χ0n) is 27.6. The van der Waals surface area contributed by atoms with Crippen molar-refractivity contribution >= 4 is 49.3 Å². The van der Waals surface area contributed by atoms with Gasteiger partial charge in [0.15, 0.2) is 0 Å². The van der Waals surface area contributed by atoms with E-state index in [4.69, 9.17) is 21.3 Å². The van der Waals surface area contributed by atoms with Crippen molar-refractivity contribution in [2.45, 2.75) is 39.5 Å². The summed E-state index contributed by atoms with van der Waals surface area (Å²) in [5, 5.41) is 14.2. The lowest BCUT2D eigenvalue weighted by molar-refractivity contribution is 0.485. The number of fused-ring (bicyclic) bond motifs is 6. The molecule has 0 saturated carbocycles. The van der Waals surface area contributed by atoms with E-state index in [-0.39, 0.29) is 0 Å². The smallest absolute Gasteiger partial charge is 0.229 e. The van der Waals surface area contributed by atoms with Gasteiger partial charge in [-0.15, -0.1) is 0 Å². The van der Waals surface area contributed by atoms with Gasteiger partial charge in [-0.05, 0) is 70.8 Å². The molecule has 0 aliphatic rings. The first-order chi connectivity index (χ1) is 23.9. The van der Waals surface area contributed by atoms with E-state index in [9.17, 15) is 5.26 Å². The zero-order chi connectivity index (χ0) is 33.8. The summed E-state index contributed by atoms with van der Waals surface area (Å²) in [5.74, 6) is 3.00. The van der Waals surface area contributed by atoms with Crippen molar-refractivity contribution in [3.63, 3.8) is 0 Å². The van der Waals surface area contributed by atoms with Gasteiger partial charge in [0.2, 0.25) is 5.69 Å². The second-order valence-corrected chi connectivity index (χ2v) is 12.9. The summed E-state index contributed by atoms with van der Waals surface area (Å²) in [6, 6.07) is 34.4. The van der Waals surface area contributed by atoms with E-state index in [2.05, 4.69) is 84.1 Å². The molecular weight excluding hydrogens is 605 g/mol. The predicted molar refractivity (Wildman–Crippen MR) is 196 cm³/mol. The number of nitrogens with zero attached hydrogens (tertiary/aromatic N) is 6. The first-order valence-corrected chi connectivity index (χ1v) is 16.4. The van der Waals surface area contributed by atoms with Crippen LogP contribution in [0.5, 0.6) is 11.5 Å². The number of benzene rings is 4. The first kappa shape index (κ1) is 29.9. The van der Waals surface area contributed by atoms with Crippen molar-refractivity contribution in [2.75, 3.05) is 0 Å². The third-order valence-electron chi connectivity index (χ3n) is 9.32. The quantitative estimate of drug-likeness (QED) is 0.170. The van der Waals surface area contributed by atoms with Crippen molar-refractivity contribution in [3.05, 3.63) is 138 Å². The highest BCUT2D eigenvalue weighted by atomic mass is 16.5. The van der Waals surface area contributed by atoms with Crippen LogP contribution in [0.15, 0.2) is 109 Å². The van der Waals surface area contributed by atoms with Gasteiger partial charge in [0.25, 0.3) is 0 Å². The summed E-state index contributed by atoms with van der Waals surface area (Å²) >= 11 is 0. The highest BCUT2D eigenvalue weighted by Gasteiger charge is 2.21. The molecule has 7 heteroatoms. The molecule has 0 fully saturated rings. The second-order valence-electron chi connectivity index (χ2n) is 12.9. The Morgan fingerprint density at radius 2 is 1.14 bits per heavy atom. The molecule has 8 aromatic rings. The molecule has 4 aromatic heterocycles. The number of hydrogen-bond donors (Lipinski definition) is 0. The van der Waals surface area contributed by atoms with Gasteiger partial charge in [-0.3, -0.25) is 9.13 Å². The average molecular weight is 637 g/mol. The third kappa shape index (κ3) is 4.87. The van der Waals surface area contributed by atoms with Gasteiger partial charge in [0, 0.05) is 34.6 Å².